The minimum Gasteiger partial charge on any atom is -0.497 e. The van der Waals surface area contributed by atoms with Crippen LogP contribution in [0.4, 0.5) is 11.4 Å². The summed E-state index contributed by atoms with van der Waals surface area (Å²) >= 11 is 0. The first-order valence-corrected chi connectivity index (χ1v) is 11.8. The molecule has 3 rings (SSSR count). The monoisotopic (exact) mass is 462 g/mol. The molecule has 0 aliphatic carbocycles. The number of carbonyl (C=O) groups excluding carboxylic acids is 1. The Kier molecular flexibility index (Phi) is 6.59. The van der Waals surface area contributed by atoms with Crippen LogP contribution in [0.1, 0.15) is 27.7 Å². The molecule has 0 radical (unpaired) electrons. The van der Waals surface area contributed by atoms with E-state index < -0.39 is 15.4 Å². The summed E-state index contributed by atoms with van der Waals surface area (Å²) in [5.74, 6) is 1.25. The number of amides is 1. The summed E-state index contributed by atoms with van der Waals surface area (Å²) in [5.41, 5.74) is 0.225. The second-order valence-corrected chi connectivity index (χ2v) is 10.4. The summed E-state index contributed by atoms with van der Waals surface area (Å²) < 4.78 is 45.1. The van der Waals surface area contributed by atoms with Crippen LogP contribution in [0, 0.1) is 11.3 Å². The van der Waals surface area contributed by atoms with E-state index in [9.17, 15) is 13.2 Å². The maximum Gasteiger partial charge on any atom is 0.265 e. The maximum atomic E-state index is 13.1. The molecule has 0 bridgehead atoms. The summed E-state index contributed by atoms with van der Waals surface area (Å²) in [6, 6.07) is 9.47. The zero-order valence-corrected chi connectivity index (χ0v) is 20.1. The molecule has 1 aliphatic heterocycles. The number of hydrogen-bond donors (Lipinski definition) is 1. The van der Waals surface area contributed by atoms with Crippen molar-refractivity contribution in [2.45, 2.75) is 32.6 Å². The number of rotatable bonds is 7. The van der Waals surface area contributed by atoms with E-state index in [2.05, 4.69) is 4.72 Å². The van der Waals surface area contributed by atoms with Crippen LogP contribution in [-0.2, 0) is 14.8 Å². The molecule has 1 heterocycles. The number of carbonyl (C=O) groups is 1. The lowest BCUT2D eigenvalue weighted by molar-refractivity contribution is -0.127. The first-order chi connectivity index (χ1) is 15.0. The molecule has 174 valence electrons. The van der Waals surface area contributed by atoms with Crippen LogP contribution in [0.5, 0.6) is 17.2 Å². The van der Waals surface area contributed by atoms with Crippen LogP contribution in [-0.4, -0.2) is 41.7 Å². The summed E-state index contributed by atoms with van der Waals surface area (Å²) in [4.78, 5) is 14.8. The predicted octanol–water partition coefficient (Wildman–Crippen LogP) is 3.91. The Hall–Kier alpha value is -2.94. The Bertz CT molecular complexity index is 1110. The largest absolute Gasteiger partial charge is 0.497 e. The smallest absolute Gasteiger partial charge is 0.265 e. The number of ether oxygens (including phenoxy) is 3. The molecule has 32 heavy (non-hydrogen) atoms. The van der Waals surface area contributed by atoms with Crippen LogP contribution < -0.4 is 23.8 Å². The molecule has 0 atom stereocenters. The van der Waals surface area contributed by atoms with E-state index in [-0.39, 0.29) is 29.1 Å². The Balaban J connectivity index is 1.99. The number of anilines is 2. The van der Waals surface area contributed by atoms with Crippen molar-refractivity contribution in [2.24, 2.45) is 11.3 Å². The van der Waals surface area contributed by atoms with Crippen LogP contribution in [0.3, 0.4) is 0 Å². The molecule has 9 heteroatoms. The Morgan fingerprint density at radius 2 is 1.84 bits per heavy atom. The molecule has 0 fully saturated rings. The van der Waals surface area contributed by atoms with Crippen LogP contribution >= 0.6 is 0 Å². The minimum absolute atomic E-state index is 0.0283. The quantitative estimate of drug-likeness (QED) is 0.670. The van der Waals surface area contributed by atoms with Crippen molar-refractivity contribution in [3.63, 3.8) is 0 Å². The molecule has 0 saturated carbocycles. The molecule has 8 nitrogen and oxygen atoms in total. The molecule has 1 N–H and O–H groups in total. The van der Waals surface area contributed by atoms with Crippen molar-refractivity contribution in [1.29, 1.82) is 0 Å². The molecular weight excluding hydrogens is 432 g/mol. The lowest BCUT2D eigenvalue weighted by Crippen LogP contribution is -2.43. The van der Waals surface area contributed by atoms with Crippen molar-refractivity contribution in [3.8, 4) is 17.2 Å². The van der Waals surface area contributed by atoms with Gasteiger partial charge in [0.05, 0.1) is 31.0 Å². The van der Waals surface area contributed by atoms with Crippen molar-refractivity contribution in [1.82, 2.24) is 0 Å². The molecule has 0 aromatic heterocycles. The number of nitrogens with one attached hydrogen (secondary N) is 1. The van der Waals surface area contributed by atoms with Gasteiger partial charge in [-0.25, -0.2) is 8.42 Å². The molecule has 2 aromatic carbocycles. The van der Waals surface area contributed by atoms with E-state index in [1.165, 1.54) is 26.4 Å². The lowest BCUT2D eigenvalue weighted by atomic mass is 9.92. The van der Waals surface area contributed by atoms with E-state index in [4.69, 9.17) is 14.2 Å². The van der Waals surface area contributed by atoms with Gasteiger partial charge in [0, 0.05) is 18.7 Å². The summed E-state index contributed by atoms with van der Waals surface area (Å²) in [5, 5.41) is 0. The average Bonchev–Trinajstić information content (AvgIpc) is 2.83. The predicted molar refractivity (Wildman–Crippen MR) is 123 cm³/mol. The van der Waals surface area contributed by atoms with Gasteiger partial charge in [0.2, 0.25) is 5.91 Å². The second kappa shape index (κ2) is 8.90. The van der Waals surface area contributed by atoms with E-state index in [0.717, 1.165) is 0 Å². The number of nitrogens with zero attached hydrogens (tertiary/aromatic N) is 1. The van der Waals surface area contributed by atoms with Gasteiger partial charge in [0.25, 0.3) is 10.0 Å². The van der Waals surface area contributed by atoms with Crippen molar-refractivity contribution < 1.29 is 27.4 Å². The molecule has 0 unspecified atom stereocenters. The topological polar surface area (TPSA) is 94.2 Å². The highest BCUT2D eigenvalue weighted by Gasteiger charge is 2.38. The minimum atomic E-state index is -3.98. The normalized spacial score (nSPS) is 15.6. The average molecular weight is 463 g/mol. The number of fused-ring (bicyclic) bond motifs is 1. The number of sulfonamides is 1. The SMILES string of the molecule is COc1ccc(OC)c(S(=O)(=O)Nc2ccc3c(c2)OCC(C)(C)C(=O)N3CC(C)C)c1. The van der Waals surface area contributed by atoms with Gasteiger partial charge < -0.3 is 19.1 Å². The van der Waals surface area contributed by atoms with E-state index in [0.29, 0.717) is 29.4 Å². The highest BCUT2D eigenvalue weighted by molar-refractivity contribution is 7.92. The van der Waals surface area contributed by atoms with Crippen LogP contribution in [0.25, 0.3) is 0 Å². The number of hydrogen-bond acceptors (Lipinski definition) is 6. The van der Waals surface area contributed by atoms with Gasteiger partial charge >= 0.3 is 0 Å². The number of benzene rings is 2. The third-order valence-electron chi connectivity index (χ3n) is 5.12. The second-order valence-electron chi connectivity index (χ2n) is 8.79. The zero-order valence-electron chi connectivity index (χ0n) is 19.3. The summed E-state index contributed by atoms with van der Waals surface area (Å²) in [7, 11) is -1.12. The van der Waals surface area contributed by atoms with Crippen molar-refractivity contribution >= 4 is 27.3 Å². The van der Waals surface area contributed by atoms with Gasteiger partial charge in [-0.2, -0.15) is 0 Å². The molecule has 0 saturated heterocycles. The van der Waals surface area contributed by atoms with Gasteiger partial charge in [0.15, 0.2) is 0 Å². The Labute approximate surface area is 189 Å². The molecule has 1 aliphatic rings. The van der Waals surface area contributed by atoms with E-state index in [1.54, 1.807) is 29.2 Å². The third-order valence-corrected chi connectivity index (χ3v) is 6.53. The molecule has 1 amide bonds. The zero-order chi connectivity index (χ0) is 23.7. The summed E-state index contributed by atoms with van der Waals surface area (Å²) in [6.45, 7) is 8.48. The fourth-order valence-corrected chi connectivity index (χ4v) is 4.70. The molecule has 0 spiro atoms. The Morgan fingerprint density at radius 3 is 2.47 bits per heavy atom. The first-order valence-electron chi connectivity index (χ1n) is 10.3. The number of methoxy groups -OCH3 is 2. The van der Waals surface area contributed by atoms with Gasteiger partial charge in [-0.1, -0.05) is 13.8 Å². The van der Waals surface area contributed by atoms with Crippen molar-refractivity contribution in [3.05, 3.63) is 36.4 Å². The maximum absolute atomic E-state index is 13.1. The van der Waals surface area contributed by atoms with Gasteiger partial charge in [-0.05, 0) is 44.0 Å². The van der Waals surface area contributed by atoms with Crippen LogP contribution in [0.2, 0.25) is 0 Å². The van der Waals surface area contributed by atoms with Crippen LogP contribution in [0.15, 0.2) is 41.3 Å². The van der Waals surface area contributed by atoms with Gasteiger partial charge in [-0.15, -0.1) is 0 Å². The van der Waals surface area contributed by atoms with E-state index in [1.807, 2.05) is 27.7 Å². The van der Waals surface area contributed by atoms with Gasteiger partial charge in [0.1, 0.15) is 28.8 Å². The van der Waals surface area contributed by atoms with Gasteiger partial charge in [-0.3, -0.25) is 9.52 Å². The molecule has 2 aromatic rings. The van der Waals surface area contributed by atoms with Crippen molar-refractivity contribution in [2.75, 3.05) is 37.0 Å². The third kappa shape index (κ3) is 4.77. The highest BCUT2D eigenvalue weighted by Crippen LogP contribution is 2.39. The molecular formula is C23H30N2O6S. The fraction of sp³-hybridized carbons (Fsp3) is 0.435. The fourth-order valence-electron chi connectivity index (χ4n) is 3.46. The Morgan fingerprint density at radius 1 is 1.12 bits per heavy atom. The standard InChI is InChI=1S/C23H30N2O6S/c1-15(2)13-25-18-9-7-16(11-20(18)31-14-23(3,4)22(25)26)24-32(27,28)21-12-17(29-5)8-10-19(21)30-6/h7-12,15,24H,13-14H2,1-6H3. The van der Waals surface area contributed by atoms with E-state index >= 15 is 0 Å². The first kappa shape index (κ1) is 23.7. The highest BCUT2D eigenvalue weighted by atomic mass is 32.2. The summed E-state index contributed by atoms with van der Waals surface area (Å²) in [6.07, 6.45) is 0. The lowest BCUT2D eigenvalue weighted by Gasteiger charge is -2.29.